The van der Waals surface area contributed by atoms with Gasteiger partial charge in [0.25, 0.3) is 5.84 Å². The van der Waals surface area contributed by atoms with E-state index in [4.69, 9.17) is 16.9 Å². The number of hydrogen-bond acceptors (Lipinski definition) is 2. The maximum absolute atomic E-state index is 12.8. The molecule has 0 aliphatic heterocycles. The number of amidine groups is 1. The van der Waals surface area contributed by atoms with Gasteiger partial charge in [-0.15, -0.1) is 0 Å². The number of nitrogens with one attached hydrogen (secondary N) is 2. The summed E-state index contributed by atoms with van der Waals surface area (Å²) < 4.78 is 38.3. The van der Waals surface area contributed by atoms with Crippen LogP contribution in [-0.4, -0.2) is 18.1 Å². The van der Waals surface area contributed by atoms with Crippen molar-refractivity contribution < 1.29 is 18.2 Å². The van der Waals surface area contributed by atoms with Gasteiger partial charge in [0.1, 0.15) is 0 Å². The van der Waals surface area contributed by atoms with E-state index in [1.807, 2.05) is 0 Å². The minimum atomic E-state index is -4.44. The van der Waals surface area contributed by atoms with Crippen LogP contribution >= 0.6 is 0 Å². The summed E-state index contributed by atoms with van der Waals surface area (Å²) in [4.78, 5) is 2.81. The lowest BCUT2D eigenvalue weighted by atomic mass is 10.0. The molecule has 6 N–H and O–H groups in total. The molecule has 0 fully saturated rings. The molecule has 4 nitrogen and oxygen atoms in total. The molecule has 0 bridgehead atoms. The lowest BCUT2D eigenvalue weighted by Crippen LogP contribution is -2.76. The van der Waals surface area contributed by atoms with E-state index in [-0.39, 0.29) is 17.9 Å². The van der Waals surface area contributed by atoms with Gasteiger partial charge < -0.3 is 11.1 Å². The molecule has 0 radical (unpaired) electrons. The number of hydrogen-bond donors (Lipinski definition) is 4. The highest BCUT2D eigenvalue weighted by atomic mass is 19.4. The van der Waals surface area contributed by atoms with Crippen molar-refractivity contribution in [3.8, 4) is 0 Å². The van der Waals surface area contributed by atoms with Crippen molar-refractivity contribution in [2.24, 2.45) is 11.5 Å². The number of alkyl halides is 3. The van der Waals surface area contributed by atoms with Crippen LogP contribution in [0.25, 0.3) is 0 Å². The third-order valence-corrected chi connectivity index (χ3v) is 2.68. The molecule has 1 aromatic rings. The number of nitrogens with two attached hydrogens (primary N) is 2. The highest BCUT2D eigenvalue weighted by Gasteiger charge is 2.31. The molecule has 0 saturated carbocycles. The van der Waals surface area contributed by atoms with E-state index in [1.54, 1.807) is 6.92 Å². The van der Waals surface area contributed by atoms with Gasteiger partial charge in [-0.25, -0.2) is 0 Å². The largest absolute Gasteiger partial charge is 0.416 e. The van der Waals surface area contributed by atoms with Crippen LogP contribution in [-0.2, 0) is 12.7 Å². The highest BCUT2D eigenvalue weighted by molar-refractivity contribution is 5.93. The van der Waals surface area contributed by atoms with Gasteiger partial charge in [-0.3, -0.25) is 10.7 Å². The summed E-state index contributed by atoms with van der Waals surface area (Å²) in [6.07, 6.45) is -3.96. The predicted octanol–water partition coefficient (Wildman–Crippen LogP) is 0.380. The fraction of sp³-hybridized carbons (Fsp3) is 0.385. The maximum Gasteiger partial charge on any atom is 0.416 e. The van der Waals surface area contributed by atoms with Gasteiger partial charge in [-0.2, -0.15) is 13.2 Å². The minimum absolute atomic E-state index is 0.00378. The molecule has 0 atom stereocenters. The second kappa shape index (κ2) is 6.51. The van der Waals surface area contributed by atoms with Crippen LogP contribution in [0.15, 0.2) is 18.2 Å². The van der Waals surface area contributed by atoms with Gasteiger partial charge in [-0.05, 0) is 30.7 Å². The Kier molecular flexibility index (Phi) is 5.26. The molecule has 7 heteroatoms. The Morgan fingerprint density at radius 1 is 1.30 bits per heavy atom. The maximum atomic E-state index is 12.8. The first-order valence-corrected chi connectivity index (χ1v) is 6.06. The van der Waals surface area contributed by atoms with Crippen molar-refractivity contribution in [3.63, 3.8) is 0 Å². The zero-order valence-electron chi connectivity index (χ0n) is 11.1. The van der Waals surface area contributed by atoms with Crippen LogP contribution in [0, 0.1) is 5.41 Å². The van der Waals surface area contributed by atoms with Crippen molar-refractivity contribution in [2.45, 2.75) is 26.1 Å². The molecule has 0 aromatic heterocycles. The first-order chi connectivity index (χ1) is 9.24. The first-order valence-electron chi connectivity index (χ1n) is 6.06. The lowest BCUT2D eigenvalue weighted by Gasteiger charge is -2.10. The number of halogens is 3. The van der Waals surface area contributed by atoms with Crippen LogP contribution < -0.4 is 16.5 Å². The summed E-state index contributed by atoms with van der Waals surface area (Å²) in [5, 5.41) is 7.27. The fourth-order valence-electron chi connectivity index (χ4n) is 1.62. The second-order valence-electron chi connectivity index (χ2n) is 4.49. The number of rotatable bonds is 5. The SMILES string of the molecule is CC(=N)CC[NH+]=C(N)c1cc(CN)cc(C(F)(F)F)c1. The van der Waals surface area contributed by atoms with Crippen molar-refractivity contribution in [1.29, 1.82) is 5.41 Å². The monoisotopic (exact) mass is 287 g/mol. The Morgan fingerprint density at radius 3 is 2.45 bits per heavy atom. The van der Waals surface area contributed by atoms with Crippen LogP contribution in [0.1, 0.15) is 30.0 Å². The molecular weight excluding hydrogens is 269 g/mol. The molecule has 0 spiro atoms. The molecule has 0 saturated heterocycles. The molecular formula is C13H18F3N4+. The van der Waals surface area contributed by atoms with Crippen molar-refractivity contribution >= 4 is 11.5 Å². The molecule has 0 amide bonds. The Morgan fingerprint density at radius 2 is 1.95 bits per heavy atom. The third kappa shape index (κ3) is 4.65. The van der Waals surface area contributed by atoms with Gasteiger partial charge in [0.2, 0.25) is 0 Å². The summed E-state index contributed by atoms with van der Waals surface area (Å²) in [6.45, 7) is 2.05. The Bertz CT molecular complexity index is 521. The topological polar surface area (TPSA) is 89.9 Å². The van der Waals surface area contributed by atoms with Gasteiger partial charge in [0, 0.05) is 18.7 Å². The number of benzene rings is 1. The van der Waals surface area contributed by atoms with Crippen molar-refractivity contribution in [3.05, 3.63) is 34.9 Å². The zero-order valence-corrected chi connectivity index (χ0v) is 11.1. The average molecular weight is 287 g/mol. The van der Waals surface area contributed by atoms with E-state index in [0.29, 0.717) is 24.2 Å². The quantitative estimate of drug-likeness (QED) is 0.466. The molecule has 1 rings (SSSR count). The predicted molar refractivity (Wildman–Crippen MR) is 71.5 cm³/mol. The Hall–Kier alpha value is -1.89. The Labute approximate surface area is 115 Å². The number of nitrogen functional groups attached to an aromatic ring is 1. The van der Waals surface area contributed by atoms with E-state index >= 15 is 0 Å². The molecule has 0 heterocycles. The van der Waals surface area contributed by atoms with E-state index in [0.717, 1.165) is 12.1 Å². The van der Waals surface area contributed by atoms with Crippen LogP contribution in [0.4, 0.5) is 13.2 Å². The van der Waals surface area contributed by atoms with Crippen molar-refractivity contribution in [2.75, 3.05) is 6.54 Å². The van der Waals surface area contributed by atoms with E-state index in [2.05, 4.69) is 4.99 Å². The van der Waals surface area contributed by atoms with E-state index in [1.165, 1.54) is 6.07 Å². The van der Waals surface area contributed by atoms with Gasteiger partial charge in [-0.1, -0.05) is 0 Å². The normalized spacial score (nSPS) is 12.6. The van der Waals surface area contributed by atoms with Crippen molar-refractivity contribution in [1.82, 2.24) is 0 Å². The molecule has 20 heavy (non-hydrogen) atoms. The minimum Gasteiger partial charge on any atom is -0.326 e. The average Bonchev–Trinajstić information content (AvgIpc) is 2.36. The summed E-state index contributed by atoms with van der Waals surface area (Å²) in [7, 11) is 0. The van der Waals surface area contributed by atoms with E-state index < -0.39 is 11.7 Å². The molecule has 0 unspecified atom stereocenters. The lowest BCUT2D eigenvalue weighted by molar-refractivity contribution is -0.455. The zero-order chi connectivity index (χ0) is 15.3. The van der Waals surface area contributed by atoms with Crippen LogP contribution in [0.2, 0.25) is 0 Å². The molecule has 1 aromatic carbocycles. The Balaban J connectivity index is 3.07. The van der Waals surface area contributed by atoms with Gasteiger partial charge in [0.05, 0.1) is 17.7 Å². The fourth-order valence-corrected chi connectivity index (χ4v) is 1.62. The highest BCUT2D eigenvalue weighted by Crippen LogP contribution is 2.30. The first kappa shape index (κ1) is 16.2. The standard InChI is InChI=1S/C13H17F3N4/c1-8(18)2-3-20-12(19)10-4-9(7-17)5-11(6-10)13(14,15)16/h4-6,18H,2-3,7,17H2,1H3,(H2,19,20)/p+1. The van der Waals surface area contributed by atoms with Crippen LogP contribution in [0.3, 0.4) is 0 Å². The van der Waals surface area contributed by atoms with E-state index in [9.17, 15) is 13.2 Å². The third-order valence-electron chi connectivity index (χ3n) is 2.68. The summed E-state index contributed by atoms with van der Waals surface area (Å²) >= 11 is 0. The van der Waals surface area contributed by atoms with Gasteiger partial charge >= 0.3 is 6.18 Å². The molecule has 0 aliphatic rings. The van der Waals surface area contributed by atoms with Gasteiger partial charge in [0.15, 0.2) is 0 Å². The summed E-state index contributed by atoms with van der Waals surface area (Å²) in [5.41, 5.74) is 11.5. The summed E-state index contributed by atoms with van der Waals surface area (Å²) in [6, 6.07) is 3.52. The summed E-state index contributed by atoms with van der Waals surface area (Å²) in [5.74, 6) is 0.145. The smallest absolute Gasteiger partial charge is 0.326 e. The van der Waals surface area contributed by atoms with Crippen LogP contribution in [0.5, 0.6) is 0 Å². The molecule has 0 aliphatic carbocycles. The second-order valence-corrected chi connectivity index (χ2v) is 4.49. The molecule has 110 valence electrons.